The molecule has 3 aromatic carbocycles. The maximum atomic E-state index is 13.8. The predicted molar refractivity (Wildman–Crippen MR) is 164 cm³/mol. The molecular weight excluding hydrogens is 539 g/mol. The highest BCUT2D eigenvalue weighted by Gasteiger charge is 2.33. The summed E-state index contributed by atoms with van der Waals surface area (Å²) in [6.07, 6.45) is 2.63. The van der Waals surface area contributed by atoms with E-state index in [-0.39, 0.29) is 18.2 Å². The number of rotatable bonds is 10. The molecule has 1 heterocycles. The van der Waals surface area contributed by atoms with Gasteiger partial charge < -0.3 is 10.0 Å². The maximum absolute atomic E-state index is 13.8. The number of hydrogen-bond acceptors (Lipinski definition) is 5. The second kappa shape index (κ2) is 13.0. The molecule has 1 aliphatic heterocycles. The Hall–Kier alpha value is -2.75. The molecule has 8 heteroatoms. The van der Waals surface area contributed by atoms with E-state index in [1.165, 1.54) is 17.7 Å². The van der Waals surface area contributed by atoms with Gasteiger partial charge in [0.25, 0.3) is 0 Å². The molecule has 4 rings (SSSR count). The Morgan fingerprint density at radius 2 is 1.83 bits per heavy atom. The summed E-state index contributed by atoms with van der Waals surface area (Å²) in [6, 6.07) is 16.4. The van der Waals surface area contributed by atoms with Crippen molar-refractivity contribution in [1.82, 2.24) is 9.21 Å². The third-order valence-electron chi connectivity index (χ3n) is 8.04. The van der Waals surface area contributed by atoms with E-state index in [4.69, 9.17) is 0 Å². The second-order valence-corrected chi connectivity index (χ2v) is 13.8. The number of aryl methyl sites for hydroxylation is 3. The summed E-state index contributed by atoms with van der Waals surface area (Å²) in [5.74, 6) is -1.53. The average Bonchev–Trinajstić information content (AvgIpc) is 2.96. The van der Waals surface area contributed by atoms with Gasteiger partial charge in [-0.05, 0) is 117 Å². The summed E-state index contributed by atoms with van der Waals surface area (Å²) in [5, 5.41) is 9.70. The molecule has 2 atom stereocenters. The molecule has 1 aliphatic rings. The number of carboxylic acid groups (broad SMARTS) is 1. The molecule has 3 N–H and O–H groups in total. The predicted octanol–water partition coefficient (Wildman–Crippen LogP) is 7.26. The molecule has 0 saturated carbocycles. The van der Waals surface area contributed by atoms with E-state index in [1.807, 2.05) is 37.3 Å². The van der Waals surface area contributed by atoms with Crippen molar-refractivity contribution < 1.29 is 23.4 Å². The van der Waals surface area contributed by atoms with Gasteiger partial charge in [0.1, 0.15) is 5.82 Å². The van der Waals surface area contributed by atoms with Gasteiger partial charge in [-0.25, -0.2) is 4.39 Å². The van der Waals surface area contributed by atoms with Gasteiger partial charge in [-0.15, -0.1) is 10.8 Å². The first-order valence-electron chi connectivity index (χ1n) is 14.2. The molecule has 0 spiro atoms. The van der Waals surface area contributed by atoms with Gasteiger partial charge in [-0.1, -0.05) is 43.3 Å². The lowest BCUT2D eigenvalue weighted by atomic mass is 9.84. The molecule has 0 radical (unpaired) electrons. The van der Waals surface area contributed by atoms with Crippen LogP contribution < -0.4 is 0 Å². The van der Waals surface area contributed by atoms with E-state index >= 15 is 0 Å². The molecule has 0 aliphatic carbocycles. The number of aliphatic carboxylic acids is 1. The number of halogens is 1. The number of fused-ring (bicyclic) bond motifs is 1. The van der Waals surface area contributed by atoms with E-state index in [1.54, 1.807) is 17.3 Å². The summed E-state index contributed by atoms with van der Waals surface area (Å²) in [5.41, 5.74) is 6.39. The van der Waals surface area contributed by atoms with Crippen LogP contribution in [-0.2, 0) is 24.2 Å². The molecule has 0 amide bonds. The van der Waals surface area contributed by atoms with Crippen LogP contribution in [0.4, 0.5) is 4.39 Å². The van der Waals surface area contributed by atoms with Crippen molar-refractivity contribution in [2.75, 3.05) is 27.2 Å². The van der Waals surface area contributed by atoms with Crippen molar-refractivity contribution >= 4 is 16.7 Å². The second-order valence-electron chi connectivity index (χ2n) is 11.8. The summed E-state index contributed by atoms with van der Waals surface area (Å²) in [7, 11) is 0.887. The van der Waals surface area contributed by atoms with Crippen LogP contribution >= 0.6 is 10.8 Å². The van der Waals surface area contributed by atoms with Crippen molar-refractivity contribution in [1.29, 1.82) is 0 Å². The number of hydrogen-bond donors (Lipinski definition) is 3. The zero-order chi connectivity index (χ0) is 29.9. The zero-order valence-electron chi connectivity index (χ0n) is 24.7. The lowest BCUT2D eigenvalue weighted by Gasteiger charge is -2.43. The molecule has 6 nitrogen and oxygen atoms in total. The van der Waals surface area contributed by atoms with Crippen LogP contribution in [0.15, 0.2) is 59.5 Å². The van der Waals surface area contributed by atoms with E-state index < -0.39 is 22.7 Å². The van der Waals surface area contributed by atoms with E-state index in [0.717, 1.165) is 53.6 Å². The van der Waals surface area contributed by atoms with Crippen LogP contribution in [0.25, 0.3) is 0 Å². The van der Waals surface area contributed by atoms with E-state index in [0.29, 0.717) is 23.5 Å². The van der Waals surface area contributed by atoms with Gasteiger partial charge in [0, 0.05) is 19.0 Å². The van der Waals surface area contributed by atoms with Crippen molar-refractivity contribution in [3.05, 3.63) is 99.4 Å². The monoisotopic (exact) mass is 582 g/mol. The first-order chi connectivity index (χ1) is 19.3. The smallest absolute Gasteiger partial charge is 0.304 e. The van der Waals surface area contributed by atoms with Crippen LogP contribution in [0.2, 0.25) is 0 Å². The van der Waals surface area contributed by atoms with E-state index in [2.05, 4.69) is 32.0 Å². The van der Waals surface area contributed by atoms with Crippen molar-refractivity contribution in [2.45, 2.75) is 63.8 Å². The number of carboxylic acids is 1. The van der Waals surface area contributed by atoms with Gasteiger partial charge in [-0.2, -0.15) is 4.31 Å². The molecule has 222 valence electrons. The minimum Gasteiger partial charge on any atom is -0.481 e. The Kier molecular flexibility index (Phi) is 9.93. The number of nitrogens with zero attached hydrogens (tertiary/aromatic N) is 2. The molecule has 0 aromatic heterocycles. The Morgan fingerprint density at radius 1 is 1.07 bits per heavy atom. The molecule has 0 saturated heterocycles. The van der Waals surface area contributed by atoms with Gasteiger partial charge in [0.2, 0.25) is 0 Å². The highest BCUT2D eigenvalue weighted by molar-refractivity contribution is 8.22. The van der Waals surface area contributed by atoms with Crippen LogP contribution in [-0.4, -0.2) is 56.6 Å². The largest absolute Gasteiger partial charge is 0.481 e. The number of carbonyl (C=O) groups is 1. The molecule has 0 fully saturated rings. The minimum absolute atomic E-state index is 0.130. The van der Waals surface area contributed by atoms with Crippen molar-refractivity contribution in [2.24, 2.45) is 5.92 Å². The fraction of sp³-hybridized carbons (Fsp3) is 0.424. The van der Waals surface area contributed by atoms with Crippen LogP contribution in [0.3, 0.4) is 0 Å². The molecule has 2 unspecified atom stereocenters. The summed E-state index contributed by atoms with van der Waals surface area (Å²) in [6.45, 7) is 7.75. The fourth-order valence-corrected chi connectivity index (χ4v) is 7.68. The molecule has 41 heavy (non-hydrogen) atoms. The molecule has 3 aromatic rings. The fourth-order valence-electron chi connectivity index (χ4n) is 5.88. The average molecular weight is 583 g/mol. The summed E-state index contributed by atoms with van der Waals surface area (Å²) in [4.78, 5) is 14.6. The first-order valence-corrected chi connectivity index (χ1v) is 15.7. The highest BCUT2D eigenvalue weighted by Crippen LogP contribution is 2.56. The van der Waals surface area contributed by atoms with Gasteiger partial charge in [0.15, 0.2) is 0 Å². The quantitative estimate of drug-likeness (QED) is 0.233. The van der Waals surface area contributed by atoms with Crippen LogP contribution in [0.1, 0.15) is 64.6 Å². The molecule has 0 bridgehead atoms. The van der Waals surface area contributed by atoms with E-state index in [9.17, 15) is 23.4 Å². The van der Waals surface area contributed by atoms with Crippen LogP contribution in [0.5, 0.6) is 0 Å². The summed E-state index contributed by atoms with van der Waals surface area (Å²) >= 11 is 0. The zero-order valence-corrected chi connectivity index (χ0v) is 25.5. The SMILES string of the molecule is Cc1ccc(C(CC(=O)O)c2ccc(F)cc2C)cc1CN1CC(C)Cc2cc(CCCN(C)C)ccc2S1(O)O. The Balaban J connectivity index is 1.65. The van der Waals surface area contributed by atoms with Crippen molar-refractivity contribution in [3.63, 3.8) is 0 Å². The van der Waals surface area contributed by atoms with Crippen LogP contribution in [0, 0.1) is 25.6 Å². The molecular formula is C33H43FN2O4S. The summed E-state index contributed by atoms with van der Waals surface area (Å²) < 4.78 is 38.9. The maximum Gasteiger partial charge on any atom is 0.304 e. The van der Waals surface area contributed by atoms with Crippen molar-refractivity contribution in [3.8, 4) is 0 Å². The standard InChI is InChI=1S/C33H43FN2O4S/c1-22-15-27-17-25(7-6-14-35(4)5)9-13-32(27)41(39,40)36(20-22)21-28-18-26(10-8-23(28)2)31(19-33(37)38)30-12-11-29(34)16-24(30)3/h8-13,16-18,22,31,39-40H,6-7,14-15,19-21H2,1-5H3,(H,37,38). The minimum atomic E-state index is -3.24. The third-order valence-corrected chi connectivity index (χ3v) is 10.0. The first kappa shape index (κ1) is 31.2. The Bertz CT molecular complexity index is 1390. The topological polar surface area (TPSA) is 84.2 Å². The highest BCUT2D eigenvalue weighted by atomic mass is 32.3. The van der Waals surface area contributed by atoms with Gasteiger partial charge >= 0.3 is 5.97 Å². The lowest BCUT2D eigenvalue weighted by molar-refractivity contribution is -0.137. The van der Waals surface area contributed by atoms with Gasteiger partial charge in [0.05, 0.1) is 11.3 Å². The van der Waals surface area contributed by atoms with Gasteiger partial charge in [-0.3, -0.25) is 13.9 Å². The Morgan fingerprint density at radius 3 is 2.51 bits per heavy atom. The third kappa shape index (κ3) is 7.56. The lowest BCUT2D eigenvalue weighted by Crippen LogP contribution is -2.30. The normalized spacial score (nSPS) is 18.5. The number of benzene rings is 3. The Labute approximate surface area is 245 Å².